The maximum absolute atomic E-state index is 10.8. The van der Waals surface area contributed by atoms with Gasteiger partial charge in [-0.15, -0.1) is 0 Å². The van der Waals surface area contributed by atoms with Crippen LogP contribution in [0.3, 0.4) is 0 Å². The van der Waals surface area contributed by atoms with Gasteiger partial charge in [0.2, 0.25) is 0 Å². The second-order valence-electron chi connectivity index (χ2n) is 3.23. The maximum atomic E-state index is 10.8. The Bertz CT molecular complexity index is 77.6. The Morgan fingerprint density at radius 3 is 2.00 bits per heavy atom. The van der Waals surface area contributed by atoms with Crippen LogP contribution in [0.25, 0.3) is 0 Å². The van der Waals surface area contributed by atoms with Crippen molar-refractivity contribution in [1.82, 2.24) is 0 Å². The molecule has 1 unspecified atom stereocenters. The maximum Gasteiger partial charge on any atom is 0.0381 e. The molecular formula is C6H14O2P-. The van der Waals surface area contributed by atoms with Gasteiger partial charge in [-0.05, 0) is 11.6 Å². The van der Waals surface area contributed by atoms with Crippen molar-refractivity contribution in [3.8, 4) is 0 Å². The molecule has 0 spiro atoms. The zero-order chi connectivity index (χ0) is 7.49. The van der Waals surface area contributed by atoms with Gasteiger partial charge in [0.1, 0.15) is 0 Å². The molecule has 0 saturated heterocycles. The van der Waals surface area contributed by atoms with Crippen LogP contribution in [-0.2, 0) is 4.52 Å². The molecule has 0 aromatic rings. The van der Waals surface area contributed by atoms with Gasteiger partial charge in [-0.1, -0.05) is 29.1 Å². The van der Waals surface area contributed by atoms with E-state index >= 15 is 0 Å². The highest BCUT2D eigenvalue weighted by molar-refractivity contribution is 7.44. The van der Waals surface area contributed by atoms with Gasteiger partial charge >= 0.3 is 0 Å². The van der Waals surface area contributed by atoms with Crippen LogP contribution in [-0.4, -0.2) is 13.3 Å². The summed E-state index contributed by atoms with van der Waals surface area (Å²) in [4.78, 5) is 10.8. The molecule has 0 aliphatic heterocycles. The van der Waals surface area contributed by atoms with Crippen LogP contribution < -0.4 is 4.89 Å². The second-order valence-corrected chi connectivity index (χ2v) is 4.58. The molecule has 0 aromatic heterocycles. The fourth-order valence-corrected chi connectivity index (χ4v) is 1.36. The summed E-state index contributed by atoms with van der Waals surface area (Å²) >= 11 is 0. The highest BCUT2D eigenvalue weighted by Crippen LogP contribution is 2.33. The van der Waals surface area contributed by atoms with Crippen LogP contribution in [0.4, 0.5) is 0 Å². The third-order valence-corrected chi connectivity index (χ3v) is 2.42. The molecule has 0 heterocycles. The Hall–Kier alpha value is 0.350. The van der Waals surface area contributed by atoms with Crippen molar-refractivity contribution < 1.29 is 9.42 Å². The van der Waals surface area contributed by atoms with Crippen molar-refractivity contribution >= 4 is 8.38 Å². The Balaban J connectivity index is 3.47. The van der Waals surface area contributed by atoms with Crippen LogP contribution in [0.2, 0.25) is 0 Å². The predicted octanol–water partition coefficient (Wildman–Crippen LogP) is 1.35. The second kappa shape index (κ2) is 3.50. The number of rotatable bonds is 2. The van der Waals surface area contributed by atoms with E-state index in [1.807, 2.05) is 20.8 Å². The van der Waals surface area contributed by atoms with Crippen molar-refractivity contribution in [2.45, 2.75) is 20.8 Å². The third-order valence-electron chi connectivity index (χ3n) is 0.807. The summed E-state index contributed by atoms with van der Waals surface area (Å²) in [6.07, 6.45) is 0.638. The van der Waals surface area contributed by atoms with Gasteiger partial charge in [-0.3, -0.25) is 0 Å². The van der Waals surface area contributed by atoms with E-state index in [2.05, 4.69) is 4.52 Å². The lowest BCUT2D eigenvalue weighted by molar-refractivity contribution is -0.179. The Labute approximate surface area is 58.1 Å². The smallest absolute Gasteiger partial charge is 0.0381 e. The molecule has 3 heteroatoms. The molecule has 0 aliphatic carbocycles. The SMILES string of the molecule is COP([O-])CC(C)(C)C. The molecule has 56 valence electrons. The fourth-order valence-electron chi connectivity index (χ4n) is 0.452. The lowest BCUT2D eigenvalue weighted by Crippen LogP contribution is -2.15. The van der Waals surface area contributed by atoms with Crippen molar-refractivity contribution in [2.24, 2.45) is 5.41 Å². The fraction of sp³-hybridized carbons (Fsp3) is 1.00. The van der Waals surface area contributed by atoms with Gasteiger partial charge in [0.05, 0.1) is 0 Å². The van der Waals surface area contributed by atoms with Crippen LogP contribution in [0.5, 0.6) is 0 Å². The molecule has 0 aliphatic rings. The Kier molecular flexibility index (Phi) is 3.64. The van der Waals surface area contributed by atoms with Gasteiger partial charge in [0.15, 0.2) is 0 Å². The zero-order valence-electron chi connectivity index (χ0n) is 6.47. The first-order valence-electron chi connectivity index (χ1n) is 2.94. The topological polar surface area (TPSA) is 32.3 Å². The highest BCUT2D eigenvalue weighted by atomic mass is 31.2. The molecule has 0 saturated carbocycles. The lowest BCUT2D eigenvalue weighted by atomic mass is 10.0. The molecule has 9 heavy (non-hydrogen) atoms. The van der Waals surface area contributed by atoms with Gasteiger partial charge in [0.25, 0.3) is 0 Å². The summed E-state index contributed by atoms with van der Waals surface area (Å²) < 4.78 is 4.64. The van der Waals surface area contributed by atoms with Gasteiger partial charge in [-0.2, -0.15) is 0 Å². The van der Waals surface area contributed by atoms with Crippen LogP contribution in [0.1, 0.15) is 20.8 Å². The van der Waals surface area contributed by atoms with E-state index < -0.39 is 8.38 Å². The molecule has 0 rings (SSSR count). The van der Waals surface area contributed by atoms with Crippen molar-refractivity contribution in [2.75, 3.05) is 13.3 Å². The summed E-state index contributed by atoms with van der Waals surface area (Å²) in [6, 6.07) is 0. The molecular weight excluding hydrogens is 135 g/mol. The monoisotopic (exact) mass is 149 g/mol. The molecule has 0 amide bonds. The minimum atomic E-state index is -1.42. The van der Waals surface area contributed by atoms with Gasteiger partial charge in [-0.25, -0.2) is 0 Å². The largest absolute Gasteiger partial charge is 0.808 e. The molecule has 0 radical (unpaired) electrons. The first-order valence-corrected chi connectivity index (χ1v) is 4.31. The van der Waals surface area contributed by atoms with E-state index in [1.165, 1.54) is 7.11 Å². The predicted molar refractivity (Wildman–Crippen MR) is 38.3 cm³/mol. The standard InChI is InChI=1S/C6H14O2P/c1-6(2,3)5-9(7)8-4/h5H2,1-4H3/q-1. The number of hydrogen-bond donors (Lipinski definition) is 0. The van der Waals surface area contributed by atoms with E-state index in [4.69, 9.17) is 0 Å². The van der Waals surface area contributed by atoms with E-state index in [9.17, 15) is 4.89 Å². The normalized spacial score (nSPS) is 15.7. The Morgan fingerprint density at radius 2 is 1.89 bits per heavy atom. The molecule has 1 atom stereocenters. The average molecular weight is 149 g/mol. The van der Waals surface area contributed by atoms with Crippen molar-refractivity contribution in [3.05, 3.63) is 0 Å². The molecule has 0 N–H and O–H groups in total. The van der Waals surface area contributed by atoms with Crippen LogP contribution in [0.15, 0.2) is 0 Å². The van der Waals surface area contributed by atoms with Gasteiger partial charge < -0.3 is 9.42 Å². The van der Waals surface area contributed by atoms with E-state index in [0.29, 0.717) is 6.16 Å². The molecule has 0 aromatic carbocycles. The third kappa shape index (κ3) is 6.23. The van der Waals surface area contributed by atoms with E-state index in [0.717, 1.165) is 0 Å². The van der Waals surface area contributed by atoms with Gasteiger partial charge in [0, 0.05) is 7.11 Å². The first-order chi connectivity index (χ1) is 3.95. The molecule has 0 bridgehead atoms. The first kappa shape index (κ1) is 9.35. The molecule has 0 fully saturated rings. The summed E-state index contributed by atoms with van der Waals surface area (Å²) in [6.45, 7) is 6.12. The van der Waals surface area contributed by atoms with Crippen LogP contribution in [0, 0.1) is 5.41 Å². The zero-order valence-corrected chi connectivity index (χ0v) is 7.37. The quantitative estimate of drug-likeness (QED) is 0.555. The minimum Gasteiger partial charge on any atom is -0.808 e. The number of hydrogen-bond acceptors (Lipinski definition) is 2. The summed E-state index contributed by atoms with van der Waals surface area (Å²) in [7, 11) is 0.0602. The molecule has 2 nitrogen and oxygen atoms in total. The van der Waals surface area contributed by atoms with E-state index in [1.54, 1.807) is 0 Å². The summed E-state index contributed by atoms with van der Waals surface area (Å²) in [5.74, 6) is 0. The highest BCUT2D eigenvalue weighted by Gasteiger charge is 2.10. The summed E-state index contributed by atoms with van der Waals surface area (Å²) in [5.41, 5.74) is 0.115. The Morgan fingerprint density at radius 1 is 1.44 bits per heavy atom. The van der Waals surface area contributed by atoms with Crippen molar-refractivity contribution in [3.63, 3.8) is 0 Å². The van der Waals surface area contributed by atoms with E-state index in [-0.39, 0.29) is 5.41 Å². The van der Waals surface area contributed by atoms with Crippen molar-refractivity contribution in [1.29, 1.82) is 0 Å². The lowest BCUT2D eigenvalue weighted by Gasteiger charge is -2.28. The average Bonchev–Trinajstić information content (AvgIpc) is 1.62. The minimum absolute atomic E-state index is 0.115. The van der Waals surface area contributed by atoms with Crippen LogP contribution >= 0.6 is 8.38 Å². The summed E-state index contributed by atoms with van der Waals surface area (Å²) in [5, 5.41) is 0.